The van der Waals surface area contributed by atoms with Gasteiger partial charge >= 0.3 is 0 Å². The second-order valence-electron chi connectivity index (χ2n) is 8.63. The zero-order chi connectivity index (χ0) is 21.3. The van der Waals surface area contributed by atoms with Crippen LogP contribution in [0.25, 0.3) is 5.82 Å². The molecule has 0 spiro atoms. The number of hydrogen-bond acceptors (Lipinski definition) is 5. The topological polar surface area (TPSA) is 88.4 Å². The van der Waals surface area contributed by atoms with Crippen molar-refractivity contribution >= 4 is 15.9 Å². The van der Waals surface area contributed by atoms with Crippen molar-refractivity contribution in [2.45, 2.75) is 44.4 Å². The summed E-state index contributed by atoms with van der Waals surface area (Å²) < 4.78 is 29.0. The molecule has 162 valence electrons. The Morgan fingerprint density at radius 3 is 2.43 bits per heavy atom. The zero-order valence-corrected chi connectivity index (χ0v) is 18.4. The maximum Gasteiger partial charge on any atom is 0.274 e. The van der Waals surface area contributed by atoms with Gasteiger partial charge in [-0.2, -0.15) is 4.31 Å². The monoisotopic (exact) mass is 431 g/mol. The van der Waals surface area contributed by atoms with Gasteiger partial charge in [-0.15, -0.1) is 0 Å². The molecule has 0 aliphatic carbocycles. The molecule has 2 atom stereocenters. The van der Waals surface area contributed by atoms with Crippen LogP contribution in [0, 0.1) is 11.8 Å². The number of sulfonamides is 1. The van der Waals surface area contributed by atoms with Crippen LogP contribution in [-0.2, 0) is 10.0 Å². The summed E-state index contributed by atoms with van der Waals surface area (Å²) in [6, 6.07) is 3.23. The first-order valence-corrected chi connectivity index (χ1v) is 12.1. The van der Waals surface area contributed by atoms with Gasteiger partial charge in [0.15, 0.2) is 0 Å². The molecule has 4 rings (SSSR count). The summed E-state index contributed by atoms with van der Waals surface area (Å²) in [5.41, 5.74) is 0.380. The van der Waals surface area contributed by atoms with E-state index in [1.165, 1.54) is 6.20 Å². The van der Waals surface area contributed by atoms with Crippen molar-refractivity contribution in [3.05, 3.63) is 36.5 Å². The summed E-state index contributed by atoms with van der Waals surface area (Å²) in [6.07, 6.45) is 8.69. The molecule has 0 aromatic carbocycles. The molecule has 30 heavy (non-hydrogen) atoms. The molecule has 0 N–H and O–H groups in total. The SMILES string of the molecule is CC1CCCN(C(=O)c2cn(-c3ccc(S(=O)(=O)N4CCCC(C)C4)cn3)cn2)C1. The summed E-state index contributed by atoms with van der Waals surface area (Å²) in [5.74, 6) is 1.33. The molecule has 2 aromatic heterocycles. The summed E-state index contributed by atoms with van der Waals surface area (Å²) >= 11 is 0. The van der Waals surface area contributed by atoms with Gasteiger partial charge in [0.2, 0.25) is 10.0 Å². The highest BCUT2D eigenvalue weighted by molar-refractivity contribution is 7.89. The van der Waals surface area contributed by atoms with E-state index in [2.05, 4.69) is 23.8 Å². The van der Waals surface area contributed by atoms with E-state index in [1.54, 1.807) is 33.5 Å². The van der Waals surface area contributed by atoms with Gasteiger partial charge in [0.1, 0.15) is 22.7 Å². The number of aromatic nitrogens is 3. The average Bonchev–Trinajstić information content (AvgIpc) is 3.23. The first-order valence-electron chi connectivity index (χ1n) is 10.6. The van der Waals surface area contributed by atoms with E-state index in [1.807, 2.05) is 4.90 Å². The van der Waals surface area contributed by atoms with Crippen molar-refractivity contribution in [2.75, 3.05) is 26.2 Å². The summed E-state index contributed by atoms with van der Waals surface area (Å²) in [7, 11) is -3.54. The maximum atomic E-state index is 12.9. The maximum absolute atomic E-state index is 12.9. The van der Waals surface area contributed by atoms with Crippen LogP contribution in [0.5, 0.6) is 0 Å². The number of pyridine rings is 1. The first kappa shape index (κ1) is 21.0. The Hall–Kier alpha value is -2.26. The first-order chi connectivity index (χ1) is 14.3. The molecular formula is C21H29N5O3S. The quantitative estimate of drug-likeness (QED) is 0.742. The van der Waals surface area contributed by atoms with Gasteiger partial charge in [-0.05, 0) is 49.7 Å². The van der Waals surface area contributed by atoms with Crippen LogP contribution < -0.4 is 0 Å². The van der Waals surface area contributed by atoms with Crippen LogP contribution in [0.15, 0.2) is 35.7 Å². The molecular weight excluding hydrogens is 402 g/mol. The molecule has 2 fully saturated rings. The minimum atomic E-state index is -3.54. The zero-order valence-electron chi connectivity index (χ0n) is 17.6. The molecule has 2 aliphatic rings. The molecule has 2 unspecified atom stereocenters. The van der Waals surface area contributed by atoms with Gasteiger partial charge in [0.05, 0.1) is 0 Å². The van der Waals surface area contributed by atoms with Crippen LogP contribution in [0.3, 0.4) is 0 Å². The normalized spacial score (nSPS) is 23.5. The highest BCUT2D eigenvalue weighted by atomic mass is 32.2. The summed E-state index contributed by atoms with van der Waals surface area (Å²) in [5, 5.41) is 0. The van der Waals surface area contributed by atoms with Crippen LogP contribution in [0.4, 0.5) is 0 Å². The van der Waals surface area contributed by atoms with E-state index in [9.17, 15) is 13.2 Å². The highest BCUT2D eigenvalue weighted by Crippen LogP contribution is 2.23. The number of carbonyl (C=O) groups excluding carboxylic acids is 1. The van der Waals surface area contributed by atoms with E-state index in [0.29, 0.717) is 36.4 Å². The number of amides is 1. The van der Waals surface area contributed by atoms with Crippen molar-refractivity contribution in [2.24, 2.45) is 11.8 Å². The van der Waals surface area contributed by atoms with Crippen LogP contribution in [0.1, 0.15) is 50.0 Å². The van der Waals surface area contributed by atoms with Crippen molar-refractivity contribution in [3.8, 4) is 5.82 Å². The Morgan fingerprint density at radius 2 is 1.77 bits per heavy atom. The van der Waals surface area contributed by atoms with Crippen molar-refractivity contribution < 1.29 is 13.2 Å². The van der Waals surface area contributed by atoms with Gasteiger partial charge in [-0.3, -0.25) is 9.36 Å². The van der Waals surface area contributed by atoms with Crippen molar-refractivity contribution in [1.82, 2.24) is 23.7 Å². The Morgan fingerprint density at radius 1 is 1.03 bits per heavy atom. The number of piperidine rings is 2. The van der Waals surface area contributed by atoms with Crippen molar-refractivity contribution in [3.63, 3.8) is 0 Å². The van der Waals surface area contributed by atoms with Crippen LogP contribution >= 0.6 is 0 Å². The lowest BCUT2D eigenvalue weighted by atomic mass is 10.0. The van der Waals surface area contributed by atoms with E-state index >= 15 is 0 Å². The molecule has 8 nitrogen and oxygen atoms in total. The molecule has 1 amide bonds. The minimum Gasteiger partial charge on any atom is -0.337 e. The number of rotatable bonds is 4. The summed E-state index contributed by atoms with van der Waals surface area (Å²) in [4.78, 5) is 23.3. The second-order valence-corrected chi connectivity index (χ2v) is 10.6. The Labute approximate surface area is 178 Å². The lowest BCUT2D eigenvalue weighted by Gasteiger charge is -2.30. The molecule has 0 bridgehead atoms. The smallest absolute Gasteiger partial charge is 0.274 e. The van der Waals surface area contributed by atoms with Gasteiger partial charge in [0, 0.05) is 38.6 Å². The van der Waals surface area contributed by atoms with Gasteiger partial charge in [-0.25, -0.2) is 18.4 Å². The van der Waals surface area contributed by atoms with E-state index in [0.717, 1.165) is 38.8 Å². The Kier molecular flexibility index (Phi) is 5.92. The molecule has 2 saturated heterocycles. The second kappa shape index (κ2) is 8.47. The Bertz CT molecular complexity index is 1000. The standard InChI is InChI=1S/C21H29N5O3S/c1-16-5-3-9-24(12-16)21(27)19-14-25(15-23-19)20-8-7-18(11-22-20)30(28,29)26-10-4-6-17(2)13-26/h7-8,11,14-17H,3-6,9-10,12-13H2,1-2H3. The fourth-order valence-electron chi connectivity index (χ4n) is 4.29. The van der Waals surface area contributed by atoms with Crippen LogP contribution in [-0.4, -0.2) is 64.2 Å². The number of imidazole rings is 1. The van der Waals surface area contributed by atoms with E-state index in [4.69, 9.17) is 0 Å². The fraction of sp³-hybridized carbons (Fsp3) is 0.571. The molecule has 9 heteroatoms. The number of likely N-dealkylation sites (tertiary alicyclic amines) is 1. The van der Waals surface area contributed by atoms with Gasteiger partial charge < -0.3 is 4.90 Å². The number of hydrogen-bond donors (Lipinski definition) is 0. The third-order valence-electron chi connectivity index (χ3n) is 5.99. The molecule has 0 saturated carbocycles. The third kappa shape index (κ3) is 4.27. The predicted octanol–water partition coefficient (Wildman–Crippen LogP) is 2.56. The summed E-state index contributed by atoms with van der Waals surface area (Å²) in [6.45, 7) is 6.85. The number of nitrogens with zero attached hydrogens (tertiary/aromatic N) is 5. The fourth-order valence-corrected chi connectivity index (χ4v) is 5.83. The lowest BCUT2D eigenvalue weighted by Crippen LogP contribution is -2.39. The minimum absolute atomic E-state index is 0.0706. The molecule has 0 radical (unpaired) electrons. The highest BCUT2D eigenvalue weighted by Gasteiger charge is 2.29. The average molecular weight is 432 g/mol. The molecule has 2 aliphatic heterocycles. The van der Waals surface area contributed by atoms with Crippen LogP contribution in [0.2, 0.25) is 0 Å². The predicted molar refractivity (Wildman–Crippen MR) is 113 cm³/mol. The van der Waals surface area contributed by atoms with Gasteiger partial charge in [0.25, 0.3) is 5.91 Å². The number of carbonyl (C=O) groups is 1. The Balaban J connectivity index is 1.49. The molecule has 2 aromatic rings. The third-order valence-corrected chi connectivity index (χ3v) is 7.84. The largest absolute Gasteiger partial charge is 0.337 e. The van der Waals surface area contributed by atoms with Crippen molar-refractivity contribution in [1.29, 1.82) is 0 Å². The lowest BCUT2D eigenvalue weighted by molar-refractivity contribution is 0.0677. The van der Waals surface area contributed by atoms with E-state index in [-0.39, 0.29) is 10.8 Å². The van der Waals surface area contributed by atoms with Gasteiger partial charge in [-0.1, -0.05) is 13.8 Å². The molecule has 4 heterocycles. The van der Waals surface area contributed by atoms with E-state index < -0.39 is 10.0 Å².